The molecule has 0 bridgehead atoms. The van der Waals surface area contributed by atoms with Crippen molar-refractivity contribution in [2.75, 3.05) is 5.32 Å². The van der Waals surface area contributed by atoms with Crippen molar-refractivity contribution in [2.45, 2.75) is 39.7 Å². The smallest absolute Gasteiger partial charge is 0.358 e. The SMILES string of the molecule is CCc1ccc(NC(=O)C(C)n2nnc(C(=O)O)c2CC)cc1. The van der Waals surface area contributed by atoms with Crippen molar-refractivity contribution >= 4 is 17.6 Å². The van der Waals surface area contributed by atoms with Gasteiger partial charge in [0.1, 0.15) is 6.04 Å². The van der Waals surface area contributed by atoms with Crippen molar-refractivity contribution in [1.82, 2.24) is 15.0 Å². The van der Waals surface area contributed by atoms with Crippen LogP contribution in [0.1, 0.15) is 48.6 Å². The molecule has 0 fully saturated rings. The molecule has 0 saturated carbocycles. The minimum atomic E-state index is -1.14. The van der Waals surface area contributed by atoms with Crippen LogP contribution >= 0.6 is 0 Å². The third kappa shape index (κ3) is 3.56. The van der Waals surface area contributed by atoms with Gasteiger partial charge in [-0.15, -0.1) is 5.10 Å². The van der Waals surface area contributed by atoms with Gasteiger partial charge in [-0.25, -0.2) is 9.48 Å². The first-order chi connectivity index (χ1) is 11.0. The van der Waals surface area contributed by atoms with Crippen molar-refractivity contribution in [3.05, 3.63) is 41.2 Å². The van der Waals surface area contributed by atoms with Crippen molar-refractivity contribution in [1.29, 1.82) is 0 Å². The van der Waals surface area contributed by atoms with Crippen LogP contribution in [0.5, 0.6) is 0 Å². The molecule has 2 aromatic rings. The summed E-state index contributed by atoms with van der Waals surface area (Å²) in [6.07, 6.45) is 1.36. The van der Waals surface area contributed by atoms with Crippen molar-refractivity contribution in [2.24, 2.45) is 0 Å². The van der Waals surface area contributed by atoms with E-state index < -0.39 is 12.0 Å². The molecule has 0 aliphatic rings. The first kappa shape index (κ1) is 16.7. The Labute approximate surface area is 134 Å². The van der Waals surface area contributed by atoms with Crippen LogP contribution in [0.4, 0.5) is 5.69 Å². The molecule has 1 amide bonds. The van der Waals surface area contributed by atoms with Gasteiger partial charge < -0.3 is 10.4 Å². The molecular weight excluding hydrogens is 296 g/mol. The minimum absolute atomic E-state index is 0.112. The number of nitrogens with zero attached hydrogens (tertiary/aromatic N) is 3. The van der Waals surface area contributed by atoms with Gasteiger partial charge in [0.2, 0.25) is 5.91 Å². The number of carbonyl (C=O) groups excluding carboxylic acids is 1. The van der Waals surface area contributed by atoms with E-state index in [1.807, 2.05) is 24.3 Å². The Morgan fingerprint density at radius 2 is 1.87 bits per heavy atom. The average Bonchev–Trinajstić information content (AvgIpc) is 2.98. The summed E-state index contributed by atoms with van der Waals surface area (Å²) in [5.74, 6) is -1.42. The second-order valence-corrected chi connectivity index (χ2v) is 5.20. The summed E-state index contributed by atoms with van der Waals surface area (Å²) in [4.78, 5) is 23.5. The van der Waals surface area contributed by atoms with E-state index in [0.29, 0.717) is 17.8 Å². The molecule has 0 aliphatic heterocycles. The summed E-state index contributed by atoms with van der Waals surface area (Å²) in [6.45, 7) is 5.53. The second-order valence-electron chi connectivity index (χ2n) is 5.20. The van der Waals surface area contributed by atoms with Crippen LogP contribution in [-0.2, 0) is 17.6 Å². The van der Waals surface area contributed by atoms with Crippen LogP contribution in [0.25, 0.3) is 0 Å². The highest BCUT2D eigenvalue weighted by atomic mass is 16.4. The zero-order valence-corrected chi connectivity index (χ0v) is 13.4. The lowest BCUT2D eigenvalue weighted by molar-refractivity contribution is -0.119. The van der Waals surface area contributed by atoms with E-state index in [9.17, 15) is 9.59 Å². The highest BCUT2D eigenvalue weighted by molar-refractivity contribution is 5.93. The standard InChI is InChI=1S/C16H20N4O3/c1-4-11-6-8-12(9-7-11)17-15(21)10(3)20-13(5-2)14(16(22)23)18-19-20/h6-10H,4-5H2,1-3H3,(H,17,21)(H,22,23). The second kappa shape index (κ2) is 7.04. The summed E-state index contributed by atoms with van der Waals surface area (Å²) in [5, 5.41) is 19.4. The van der Waals surface area contributed by atoms with Crippen LogP contribution in [-0.4, -0.2) is 32.0 Å². The molecule has 1 aromatic carbocycles. The third-order valence-electron chi connectivity index (χ3n) is 3.70. The number of nitrogens with one attached hydrogen (secondary N) is 1. The number of hydrogen-bond donors (Lipinski definition) is 2. The Kier molecular flexibility index (Phi) is 5.10. The summed E-state index contributed by atoms with van der Waals surface area (Å²) < 4.78 is 1.36. The van der Waals surface area contributed by atoms with E-state index >= 15 is 0 Å². The molecule has 1 atom stereocenters. The number of hydrogen-bond acceptors (Lipinski definition) is 4. The maximum absolute atomic E-state index is 12.4. The van der Waals surface area contributed by atoms with Gasteiger partial charge in [-0.3, -0.25) is 4.79 Å². The molecule has 122 valence electrons. The zero-order chi connectivity index (χ0) is 17.0. The Balaban J connectivity index is 2.17. The lowest BCUT2D eigenvalue weighted by atomic mass is 10.1. The monoisotopic (exact) mass is 316 g/mol. The molecule has 1 heterocycles. The summed E-state index contributed by atoms with van der Waals surface area (Å²) in [6, 6.07) is 6.94. The number of carbonyl (C=O) groups is 2. The third-order valence-corrected chi connectivity index (χ3v) is 3.70. The molecule has 1 aromatic heterocycles. The number of aromatic carboxylic acids is 1. The van der Waals surface area contributed by atoms with E-state index in [4.69, 9.17) is 5.11 Å². The fraction of sp³-hybridized carbons (Fsp3) is 0.375. The van der Waals surface area contributed by atoms with Crippen LogP contribution < -0.4 is 5.32 Å². The Bertz CT molecular complexity index is 707. The van der Waals surface area contributed by atoms with Crippen molar-refractivity contribution in [3.8, 4) is 0 Å². The van der Waals surface area contributed by atoms with Gasteiger partial charge in [-0.05, 0) is 37.5 Å². The van der Waals surface area contributed by atoms with Gasteiger partial charge in [0, 0.05) is 5.69 Å². The van der Waals surface area contributed by atoms with Gasteiger partial charge in [0.05, 0.1) is 5.69 Å². The topological polar surface area (TPSA) is 97.1 Å². The Hall–Kier alpha value is -2.70. The molecule has 23 heavy (non-hydrogen) atoms. The molecule has 0 radical (unpaired) electrons. The molecular formula is C16H20N4O3. The van der Waals surface area contributed by atoms with Crippen LogP contribution in [0.2, 0.25) is 0 Å². The van der Waals surface area contributed by atoms with E-state index in [2.05, 4.69) is 22.6 Å². The molecule has 1 unspecified atom stereocenters. The Morgan fingerprint density at radius 1 is 1.22 bits per heavy atom. The number of aromatic nitrogens is 3. The first-order valence-corrected chi connectivity index (χ1v) is 7.55. The predicted octanol–water partition coefficient (Wildman–Crippen LogP) is 2.30. The maximum atomic E-state index is 12.4. The summed E-state index contributed by atoms with van der Waals surface area (Å²) >= 11 is 0. The Morgan fingerprint density at radius 3 is 2.39 bits per heavy atom. The van der Waals surface area contributed by atoms with E-state index in [1.165, 1.54) is 10.2 Å². The van der Waals surface area contributed by atoms with Gasteiger partial charge in [0.15, 0.2) is 5.69 Å². The number of carboxylic acids is 1. The number of rotatable bonds is 6. The van der Waals surface area contributed by atoms with Crippen LogP contribution in [0.15, 0.2) is 24.3 Å². The van der Waals surface area contributed by atoms with Crippen molar-refractivity contribution < 1.29 is 14.7 Å². The largest absolute Gasteiger partial charge is 0.476 e. The molecule has 0 saturated heterocycles. The van der Waals surface area contributed by atoms with Gasteiger partial charge in [-0.2, -0.15) is 0 Å². The van der Waals surface area contributed by atoms with E-state index in [0.717, 1.165) is 6.42 Å². The first-order valence-electron chi connectivity index (χ1n) is 7.55. The average molecular weight is 316 g/mol. The number of aryl methyl sites for hydroxylation is 1. The van der Waals surface area contributed by atoms with Gasteiger partial charge in [-0.1, -0.05) is 31.2 Å². The molecule has 2 rings (SSSR count). The normalized spacial score (nSPS) is 12.0. The van der Waals surface area contributed by atoms with Crippen LogP contribution in [0.3, 0.4) is 0 Å². The van der Waals surface area contributed by atoms with Crippen LogP contribution in [0, 0.1) is 0 Å². The molecule has 2 N–H and O–H groups in total. The zero-order valence-electron chi connectivity index (χ0n) is 13.4. The summed E-state index contributed by atoms with van der Waals surface area (Å²) in [7, 11) is 0. The number of benzene rings is 1. The lowest BCUT2D eigenvalue weighted by Crippen LogP contribution is -2.26. The molecule has 7 nitrogen and oxygen atoms in total. The summed E-state index contributed by atoms with van der Waals surface area (Å²) in [5.41, 5.74) is 2.20. The predicted molar refractivity (Wildman–Crippen MR) is 85.5 cm³/mol. The highest BCUT2D eigenvalue weighted by Gasteiger charge is 2.24. The van der Waals surface area contributed by atoms with Crippen molar-refractivity contribution in [3.63, 3.8) is 0 Å². The number of carboxylic acid groups (broad SMARTS) is 1. The molecule has 0 spiro atoms. The minimum Gasteiger partial charge on any atom is -0.476 e. The molecule has 7 heteroatoms. The van der Waals surface area contributed by atoms with Gasteiger partial charge >= 0.3 is 5.97 Å². The van der Waals surface area contributed by atoms with Gasteiger partial charge in [0.25, 0.3) is 0 Å². The number of anilines is 1. The lowest BCUT2D eigenvalue weighted by Gasteiger charge is -2.14. The number of amides is 1. The van der Waals surface area contributed by atoms with E-state index in [1.54, 1.807) is 13.8 Å². The fourth-order valence-electron chi connectivity index (χ4n) is 2.30. The quantitative estimate of drug-likeness (QED) is 0.852. The highest BCUT2D eigenvalue weighted by Crippen LogP contribution is 2.16. The fourth-order valence-corrected chi connectivity index (χ4v) is 2.30. The molecule has 0 aliphatic carbocycles. The maximum Gasteiger partial charge on any atom is 0.358 e. The van der Waals surface area contributed by atoms with E-state index in [-0.39, 0.29) is 11.6 Å².